The van der Waals surface area contributed by atoms with Crippen LogP contribution < -0.4 is 10.6 Å². The first-order valence-corrected chi connectivity index (χ1v) is 7.32. The van der Waals surface area contributed by atoms with Gasteiger partial charge in [-0.15, -0.1) is 0 Å². The largest absolute Gasteiger partial charge is 0.361 e. The molecule has 0 aliphatic carbocycles. The molecule has 1 unspecified atom stereocenters. The van der Waals surface area contributed by atoms with Gasteiger partial charge in [-0.1, -0.05) is 22.0 Å². The predicted molar refractivity (Wildman–Crippen MR) is 82.6 cm³/mol. The molecule has 3 rings (SSSR count). The summed E-state index contributed by atoms with van der Waals surface area (Å²) >= 11 is 3.62. The topological polar surface area (TPSA) is 52.2 Å². The molecular formula is C14H17BrN4. The molecule has 1 aromatic heterocycles. The van der Waals surface area contributed by atoms with Crippen molar-refractivity contribution in [3.63, 3.8) is 0 Å². The minimum Gasteiger partial charge on any atom is -0.361 e. The summed E-state index contributed by atoms with van der Waals surface area (Å²) in [4.78, 5) is 7.70. The van der Waals surface area contributed by atoms with Crippen molar-refractivity contribution < 1.29 is 0 Å². The zero-order valence-electron chi connectivity index (χ0n) is 10.8. The fourth-order valence-corrected chi connectivity index (χ4v) is 3.00. The normalized spacial score (nSPS) is 18.4. The Morgan fingerprint density at radius 1 is 1.47 bits per heavy atom. The molecule has 100 valence electrons. The second-order valence-corrected chi connectivity index (χ2v) is 5.74. The van der Waals surface area contributed by atoms with Crippen LogP contribution in [-0.2, 0) is 6.42 Å². The third kappa shape index (κ3) is 2.61. The molecule has 0 radical (unpaired) electrons. The Labute approximate surface area is 120 Å². The third-order valence-corrected chi connectivity index (χ3v) is 3.99. The maximum absolute atomic E-state index is 4.39. The number of nitrogens with one attached hydrogen (secondary N) is 3. The maximum atomic E-state index is 4.39. The smallest absolute Gasteiger partial charge is 0.191 e. The van der Waals surface area contributed by atoms with E-state index in [-0.39, 0.29) is 0 Å². The summed E-state index contributed by atoms with van der Waals surface area (Å²) in [6.45, 7) is 3.88. The summed E-state index contributed by atoms with van der Waals surface area (Å²) in [7, 11) is 0. The van der Waals surface area contributed by atoms with Crippen molar-refractivity contribution in [3.05, 3.63) is 34.4 Å². The molecule has 5 heteroatoms. The standard InChI is InChI=1S/C14H17BrN4/c1-9-7-18-14(19-9)16-6-5-10-8-17-12-4-2-3-11(15)13(10)12/h2-4,8-9,17H,5-7H2,1H3,(H2,16,18,19). The number of aliphatic imine (C=N–C) groups is 1. The number of nitrogens with zero attached hydrogens (tertiary/aromatic N) is 1. The van der Waals surface area contributed by atoms with E-state index in [9.17, 15) is 0 Å². The summed E-state index contributed by atoms with van der Waals surface area (Å²) in [6.07, 6.45) is 3.06. The van der Waals surface area contributed by atoms with E-state index in [2.05, 4.69) is 61.8 Å². The molecule has 0 saturated carbocycles. The molecule has 19 heavy (non-hydrogen) atoms. The van der Waals surface area contributed by atoms with Crippen LogP contribution in [0.5, 0.6) is 0 Å². The van der Waals surface area contributed by atoms with Crippen molar-refractivity contribution in [2.45, 2.75) is 19.4 Å². The number of rotatable bonds is 3. The highest BCUT2D eigenvalue weighted by Crippen LogP contribution is 2.26. The maximum Gasteiger partial charge on any atom is 0.191 e. The average Bonchev–Trinajstić information content (AvgIpc) is 2.98. The predicted octanol–water partition coefficient (Wildman–Crippen LogP) is 2.41. The van der Waals surface area contributed by atoms with Crippen LogP contribution in [0.25, 0.3) is 10.9 Å². The number of guanidine groups is 1. The van der Waals surface area contributed by atoms with Crippen LogP contribution in [0.4, 0.5) is 0 Å². The van der Waals surface area contributed by atoms with Crippen molar-refractivity contribution in [3.8, 4) is 0 Å². The Kier molecular flexibility index (Phi) is 3.46. The van der Waals surface area contributed by atoms with E-state index >= 15 is 0 Å². The Morgan fingerprint density at radius 2 is 2.37 bits per heavy atom. The summed E-state index contributed by atoms with van der Waals surface area (Å²) in [5, 5.41) is 7.93. The molecule has 2 aromatic rings. The molecule has 0 saturated heterocycles. The van der Waals surface area contributed by atoms with Gasteiger partial charge in [0.1, 0.15) is 0 Å². The summed E-state index contributed by atoms with van der Waals surface area (Å²) < 4.78 is 1.14. The van der Waals surface area contributed by atoms with Gasteiger partial charge in [-0.3, -0.25) is 4.99 Å². The van der Waals surface area contributed by atoms with Crippen LogP contribution in [0.1, 0.15) is 12.5 Å². The highest BCUT2D eigenvalue weighted by atomic mass is 79.9. The average molecular weight is 321 g/mol. The summed E-state index contributed by atoms with van der Waals surface area (Å²) in [6, 6.07) is 6.67. The lowest BCUT2D eigenvalue weighted by Crippen LogP contribution is -2.38. The van der Waals surface area contributed by atoms with Crippen LogP contribution in [0.3, 0.4) is 0 Å². The molecule has 4 nitrogen and oxygen atoms in total. The molecule has 2 heterocycles. The second-order valence-electron chi connectivity index (χ2n) is 4.89. The zero-order valence-corrected chi connectivity index (χ0v) is 12.4. The molecule has 1 aromatic carbocycles. The summed E-state index contributed by atoms with van der Waals surface area (Å²) in [5.41, 5.74) is 2.50. The van der Waals surface area contributed by atoms with Crippen molar-refractivity contribution in [2.75, 3.05) is 13.1 Å². The number of halogens is 1. The fourth-order valence-electron chi connectivity index (χ4n) is 2.38. The van der Waals surface area contributed by atoms with Gasteiger partial charge in [0.25, 0.3) is 0 Å². The van der Waals surface area contributed by atoms with Crippen molar-refractivity contribution >= 4 is 32.8 Å². The Balaban J connectivity index is 1.66. The van der Waals surface area contributed by atoms with E-state index in [1.165, 1.54) is 16.5 Å². The third-order valence-electron chi connectivity index (χ3n) is 3.33. The van der Waals surface area contributed by atoms with Crippen molar-refractivity contribution in [1.82, 2.24) is 15.6 Å². The molecule has 0 bridgehead atoms. The zero-order chi connectivity index (χ0) is 13.2. The number of aromatic amines is 1. The van der Waals surface area contributed by atoms with E-state index < -0.39 is 0 Å². The van der Waals surface area contributed by atoms with Gasteiger partial charge in [0, 0.05) is 34.2 Å². The van der Waals surface area contributed by atoms with E-state index in [1.807, 2.05) is 6.07 Å². The number of aromatic nitrogens is 1. The van der Waals surface area contributed by atoms with Gasteiger partial charge in [-0.05, 0) is 31.0 Å². The van der Waals surface area contributed by atoms with Crippen LogP contribution in [0.2, 0.25) is 0 Å². The van der Waals surface area contributed by atoms with Crippen LogP contribution >= 0.6 is 15.9 Å². The lowest BCUT2D eigenvalue weighted by molar-refractivity contribution is 0.712. The molecule has 0 amide bonds. The molecular weight excluding hydrogens is 304 g/mol. The molecule has 0 spiro atoms. The molecule has 3 N–H and O–H groups in total. The molecule has 1 atom stereocenters. The number of H-pyrrole nitrogens is 1. The Morgan fingerprint density at radius 3 is 3.16 bits per heavy atom. The highest BCUT2D eigenvalue weighted by molar-refractivity contribution is 9.10. The van der Waals surface area contributed by atoms with E-state index in [0.29, 0.717) is 6.04 Å². The number of hydrogen-bond acceptors (Lipinski definition) is 3. The SMILES string of the molecule is CC1CN=C(NCCc2c[nH]c3cccc(Br)c23)N1. The molecule has 1 aliphatic heterocycles. The molecule has 1 aliphatic rings. The van der Waals surface area contributed by atoms with E-state index in [0.717, 1.165) is 29.9 Å². The van der Waals surface area contributed by atoms with Crippen LogP contribution in [0, 0.1) is 0 Å². The lowest BCUT2D eigenvalue weighted by atomic mass is 10.1. The number of benzene rings is 1. The van der Waals surface area contributed by atoms with Gasteiger partial charge in [0.2, 0.25) is 0 Å². The first-order chi connectivity index (χ1) is 9.24. The second kappa shape index (κ2) is 5.25. The quantitative estimate of drug-likeness (QED) is 0.813. The van der Waals surface area contributed by atoms with Gasteiger partial charge in [0.05, 0.1) is 6.54 Å². The number of fused-ring (bicyclic) bond motifs is 1. The van der Waals surface area contributed by atoms with Gasteiger partial charge < -0.3 is 15.6 Å². The highest BCUT2D eigenvalue weighted by Gasteiger charge is 2.12. The molecule has 0 fully saturated rings. The van der Waals surface area contributed by atoms with Gasteiger partial charge in [-0.2, -0.15) is 0 Å². The van der Waals surface area contributed by atoms with Gasteiger partial charge in [-0.25, -0.2) is 0 Å². The summed E-state index contributed by atoms with van der Waals surface area (Å²) in [5.74, 6) is 0.923. The van der Waals surface area contributed by atoms with Crippen LogP contribution in [-0.4, -0.2) is 30.1 Å². The van der Waals surface area contributed by atoms with Crippen molar-refractivity contribution in [1.29, 1.82) is 0 Å². The Hall–Kier alpha value is -1.49. The van der Waals surface area contributed by atoms with E-state index in [1.54, 1.807) is 0 Å². The first-order valence-electron chi connectivity index (χ1n) is 6.53. The van der Waals surface area contributed by atoms with E-state index in [4.69, 9.17) is 0 Å². The minimum atomic E-state index is 0.449. The van der Waals surface area contributed by atoms with Gasteiger partial charge >= 0.3 is 0 Å². The monoisotopic (exact) mass is 320 g/mol. The van der Waals surface area contributed by atoms with Crippen LogP contribution in [0.15, 0.2) is 33.9 Å². The van der Waals surface area contributed by atoms with Gasteiger partial charge in [0.15, 0.2) is 5.96 Å². The lowest BCUT2D eigenvalue weighted by Gasteiger charge is -2.08. The van der Waals surface area contributed by atoms with Crippen molar-refractivity contribution in [2.24, 2.45) is 4.99 Å². The first kappa shape index (κ1) is 12.5. The Bertz CT molecular complexity index is 617. The fraction of sp³-hybridized carbons (Fsp3) is 0.357. The number of hydrogen-bond donors (Lipinski definition) is 3. The minimum absolute atomic E-state index is 0.449.